The van der Waals surface area contributed by atoms with Crippen molar-refractivity contribution >= 4 is 5.97 Å². The van der Waals surface area contributed by atoms with Crippen LogP contribution >= 0.6 is 0 Å². The molecule has 4 aromatic rings. The molecule has 0 unspecified atom stereocenters. The summed E-state index contributed by atoms with van der Waals surface area (Å²) in [6, 6.07) is 34.8. The van der Waals surface area contributed by atoms with E-state index in [1.165, 1.54) is 7.11 Å². The highest BCUT2D eigenvalue weighted by Crippen LogP contribution is 2.44. The van der Waals surface area contributed by atoms with Crippen molar-refractivity contribution in [1.29, 1.82) is 0 Å². The lowest BCUT2D eigenvalue weighted by atomic mass is 9.65. The Bertz CT molecular complexity index is 979. The van der Waals surface area contributed by atoms with Gasteiger partial charge in [-0.25, -0.2) is 9.78 Å². The van der Waals surface area contributed by atoms with E-state index in [9.17, 15) is 4.79 Å². The molecule has 0 saturated heterocycles. The minimum absolute atomic E-state index is 0.291. The van der Waals surface area contributed by atoms with E-state index in [1.54, 1.807) is 12.3 Å². The van der Waals surface area contributed by atoms with Crippen LogP contribution in [-0.2, 0) is 10.2 Å². The highest BCUT2D eigenvalue weighted by molar-refractivity contribution is 5.87. The average molecular weight is 379 g/mol. The summed E-state index contributed by atoms with van der Waals surface area (Å²) in [6.45, 7) is 0. The Hall–Kier alpha value is -3.72. The van der Waals surface area contributed by atoms with Crippen molar-refractivity contribution in [3.63, 3.8) is 0 Å². The van der Waals surface area contributed by atoms with Gasteiger partial charge in [-0.1, -0.05) is 97.1 Å². The zero-order chi connectivity index (χ0) is 20.1. The third kappa shape index (κ3) is 3.32. The van der Waals surface area contributed by atoms with Crippen LogP contribution in [-0.4, -0.2) is 18.1 Å². The van der Waals surface area contributed by atoms with E-state index in [0.29, 0.717) is 5.69 Å². The number of benzene rings is 3. The summed E-state index contributed by atoms with van der Waals surface area (Å²) >= 11 is 0. The number of aromatic nitrogens is 1. The van der Waals surface area contributed by atoms with Crippen LogP contribution in [0.5, 0.6) is 0 Å². The summed E-state index contributed by atoms with van der Waals surface area (Å²) < 4.78 is 4.81. The van der Waals surface area contributed by atoms with Gasteiger partial charge in [0.1, 0.15) is 5.69 Å². The van der Waals surface area contributed by atoms with Gasteiger partial charge in [0.25, 0.3) is 0 Å². The first kappa shape index (κ1) is 18.6. The number of methoxy groups -OCH3 is 1. The van der Waals surface area contributed by atoms with Gasteiger partial charge >= 0.3 is 5.97 Å². The average Bonchev–Trinajstić information content (AvgIpc) is 2.82. The minimum atomic E-state index is -0.564. The molecule has 0 aliphatic rings. The Morgan fingerprint density at radius 1 is 0.655 bits per heavy atom. The van der Waals surface area contributed by atoms with E-state index in [2.05, 4.69) is 41.4 Å². The maximum absolute atomic E-state index is 11.9. The van der Waals surface area contributed by atoms with Crippen LogP contribution in [0.2, 0.25) is 0 Å². The number of esters is 1. The van der Waals surface area contributed by atoms with Crippen LogP contribution in [0.15, 0.2) is 109 Å². The quantitative estimate of drug-likeness (QED) is 0.351. The molecule has 0 fully saturated rings. The molecule has 0 aliphatic carbocycles. The summed E-state index contributed by atoms with van der Waals surface area (Å²) in [5.74, 6) is -0.443. The van der Waals surface area contributed by atoms with Gasteiger partial charge in [0.2, 0.25) is 0 Å². The van der Waals surface area contributed by atoms with Gasteiger partial charge in [-0.05, 0) is 28.3 Å². The molecule has 0 N–H and O–H groups in total. The van der Waals surface area contributed by atoms with Crippen molar-refractivity contribution in [3.8, 4) is 0 Å². The minimum Gasteiger partial charge on any atom is -0.464 e. The van der Waals surface area contributed by atoms with Crippen LogP contribution in [0, 0.1) is 0 Å². The van der Waals surface area contributed by atoms with Crippen molar-refractivity contribution in [1.82, 2.24) is 4.98 Å². The third-order valence-electron chi connectivity index (χ3n) is 5.21. The van der Waals surface area contributed by atoms with Crippen molar-refractivity contribution in [2.24, 2.45) is 0 Å². The van der Waals surface area contributed by atoms with E-state index in [1.807, 2.05) is 60.7 Å². The molecule has 0 radical (unpaired) electrons. The predicted octanol–water partition coefficient (Wildman–Crippen LogP) is 5.25. The molecule has 3 nitrogen and oxygen atoms in total. The summed E-state index contributed by atoms with van der Waals surface area (Å²) in [7, 11) is 1.36. The highest BCUT2D eigenvalue weighted by Gasteiger charge is 2.38. The molecule has 1 heterocycles. The number of carbonyl (C=O) groups is 1. The second-order valence-corrected chi connectivity index (χ2v) is 6.77. The van der Waals surface area contributed by atoms with Gasteiger partial charge in [-0.2, -0.15) is 0 Å². The van der Waals surface area contributed by atoms with Gasteiger partial charge in [0.05, 0.1) is 12.5 Å². The molecular weight excluding hydrogens is 358 g/mol. The van der Waals surface area contributed by atoms with Crippen LogP contribution in [0.1, 0.15) is 32.7 Å². The summed E-state index contributed by atoms with van der Waals surface area (Å²) in [5, 5.41) is 0. The SMILES string of the molecule is COC(=O)c1ccc(C(c2ccccc2)(c2ccccc2)c2ccccc2)cn1. The lowest BCUT2D eigenvalue weighted by molar-refractivity contribution is 0.0594. The van der Waals surface area contributed by atoms with Crippen LogP contribution in [0.25, 0.3) is 0 Å². The first-order valence-corrected chi connectivity index (χ1v) is 9.48. The molecule has 3 heteroatoms. The topological polar surface area (TPSA) is 39.2 Å². The number of ether oxygens (including phenoxy) is 1. The lowest BCUT2D eigenvalue weighted by Crippen LogP contribution is -2.31. The number of pyridine rings is 1. The molecule has 0 bridgehead atoms. The summed E-state index contributed by atoms with van der Waals surface area (Å²) in [5.41, 5.74) is 4.10. The molecular formula is C26H21NO2. The molecule has 4 rings (SSSR count). The molecule has 1 aromatic heterocycles. The second-order valence-electron chi connectivity index (χ2n) is 6.77. The Labute approximate surface area is 170 Å². The Morgan fingerprint density at radius 3 is 1.45 bits per heavy atom. The molecule has 29 heavy (non-hydrogen) atoms. The molecule has 142 valence electrons. The Balaban J connectivity index is 2.04. The van der Waals surface area contributed by atoms with Crippen LogP contribution < -0.4 is 0 Å². The summed E-state index contributed by atoms with van der Waals surface area (Å²) in [6.07, 6.45) is 1.78. The van der Waals surface area contributed by atoms with Gasteiger partial charge in [0, 0.05) is 6.20 Å². The molecule has 0 spiro atoms. The molecule has 3 aromatic carbocycles. The van der Waals surface area contributed by atoms with E-state index < -0.39 is 11.4 Å². The first-order valence-electron chi connectivity index (χ1n) is 9.48. The van der Waals surface area contributed by atoms with Crippen molar-refractivity contribution in [2.75, 3.05) is 7.11 Å². The van der Waals surface area contributed by atoms with Gasteiger partial charge in [0.15, 0.2) is 0 Å². The highest BCUT2D eigenvalue weighted by atomic mass is 16.5. The lowest BCUT2D eigenvalue weighted by Gasteiger charge is -2.36. The predicted molar refractivity (Wildman–Crippen MR) is 114 cm³/mol. The summed E-state index contributed by atoms with van der Waals surface area (Å²) in [4.78, 5) is 16.3. The maximum Gasteiger partial charge on any atom is 0.356 e. The fourth-order valence-corrected chi connectivity index (χ4v) is 3.91. The number of hydrogen-bond acceptors (Lipinski definition) is 3. The van der Waals surface area contributed by atoms with E-state index in [-0.39, 0.29) is 0 Å². The Morgan fingerprint density at radius 2 is 1.10 bits per heavy atom. The number of rotatable bonds is 5. The fourth-order valence-electron chi connectivity index (χ4n) is 3.91. The van der Waals surface area contributed by atoms with Crippen LogP contribution in [0.3, 0.4) is 0 Å². The molecule has 0 amide bonds. The molecule has 0 saturated carbocycles. The number of nitrogens with zero attached hydrogens (tertiary/aromatic N) is 1. The van der Waals surface area contributed by atoms with E-state index in [4.69, 9.17) is 4.74 Å². The fraction of sp³-hybridized carbons (Fsp3) is 0.0769. The second kappa shape index (κ2) is 8.11. The van der Waals surface area contributed by atoms with Crippen molar-refractivity contribution in [3.05, 3.63) is 137 Å². The Kier molecular flexibility index (Phi) is 5.21. The number of carbonyl (C=O) groups excluding carboxylic acids is 1. The zero-order valence-corrected chi connectivity index (χ0v) is 16.2. The van der Waals surface area contributed by atoms with Gasteiger partial charge in [-0.15, -0.1) is 0 Å². The third-order valence-corrected chi connectivity index (χ3v) is 5.21. The van der Waals surface area contributed by atoms with Gasteiger partial charge in [-0.3, -0.25) is 0 Å². The zero-order valence-electron chi connectivity index (χ0n) is 16.2. The van der Waals surface area contributed by atoms with Crippen molar-refractivity contribution in [2.45, 2.75) is 5.41 Å². The van der Waals surface area contributed by atoms with Crippen molar-refractivity contribution < 1.29 is 9.53 Å². The molecule has 0 atom stereocenters. The largest absolute Gasteiger partial charge is 0.464 e. The normalized spacial score (nSPS) is 11.1. The first-order chi connectivity index (χ1) is 14.3. The smallest absolute Gasteiger partial charge is 0.356 e. The standard InChI is InChI=1S/C26H21NO2/c1-29-25(28)24-18-17-23(19-27-24)26(20-11-5-2-6-12-20,21-13-7-3-8-14-21)22-15-9-4-10-16-22/h2-19H,1H3. The monoisotopic (exact) mass is 379 g/mol. The van der Waals surface area contributed by atoms with E-state index in [0.717, 1.165) is 22.3 Å². The number of hydrogen-bond donors (Lipinski definition) is 0. The molecule has 0 aliphatic heterocycles. The van der Waals surface area contributed by atoms with E-state index >= 15 is 0 Å². The van der Waals surface area contributed by atoms with Crippen LogP contribution in [0.4, 0.5) is 0 Å². The van der Waals surface area contributed by atoms with Gasteiger partial charge < -0.3 is 4.74 Å². The maximum atomic E-state index is 11.9.